The summed E-state index contributed by atoms with van der Waals surface area (Å²) in [6.45, 7) is 0.428. The number of fused-ring (bicyclic) bond motifs is 1. The van der Waals surface area contributed by atoms with Crippen molar-refractivity contribution >= 4 is 16.9 Å². The van der Waals surface area contributed by atoms with Crippen molar-refractivity contribution in [1.82, 2.24) is 4.98 Å². The number of hydrogen-bond donors (Lipinski definition) is 1. The molecule has 142 valence electrons. The van der Waals surface area contributed by atoms with Crippen molar-refractivity contribution in [2.24, 2.45) is 0 Å². The average Bonchev–Trinajstić information content (AvgIpc) is 3.41. The number of nitrogens with one attached hydrogen (secondary N) is 1. The largest absolute Gasteiger partial charge is 0.488 e. The monoisotopic (exact) mass is 375 g/mol. The molecule has 0 radical (unpaired) electrons. The zero-order valence-corrected chi connectivity index (χ0v) is 15.6. The van der Waals surface area contributed by atoms with Gasteiger partial charge in [0.25, 0.3) is 0 Å². The van der Waals surface area contributed by atoms with Crippen LogP contribution in [0, 0.1) is 0 Å². The molecule has 5 nitrogen and oxygen atoms in total. The quantitative estimate of drug-likeness (QED) is 0.456. The summed E-state index contributed by atoms with van der Waals surface area (Å²) in [6.07, 6.45) is 6.21. The van der Waals surface area contributed by atoms with E-state index in [1.165, 1.54) is 7.11 Å². The van der Waals surface area contributed by atoms with Gasteiger partial charge in [0.15, 0.2) is 0 Å². The minimum atomic E-state index is -0.212. The molecule has 1 N–H and O–H groups in total. The summed E-state index contributed by atoms with van der Waals surface area (Å²) in [5, 5.41) is 1.14. The van der Waals surface area contributed by atoms with Crippen molar-refractivity contribution in [3.05, 3.63) is 78.4 Å². The smallest absolute Gasteiger partial charge is 0.305 e. The number of H-pyrrole nitrogens is 1. The minimum Gasteiger partial charge on any atom is -0.488 e. The normalized spacial score (nSPS) is 10.9. The fourth-order valence-corrected chi connectivity index (χ4v) is 3.19. The molecule has 2 aromatic heterocycles. The summed E-state index contributed by atoms with van der Waals surface area (Å²) < 4.78 is 15.9. The molecule has 0 aliphatic carbocycles. The van der Waals surface area contributed by atoms with E-state index in [1.807, 2.05) is 30.5 Å². The molecule has 0 saturated heterocycles. The first-order valence-electron chi connectivity index (χ1n) is 9.14. The number of hydrogen-bond acceptors (Lipinski definition) is 4. The van der Waals surface area contributed by atoms with Crippen LogP contribution in [-0.4, -0.2) is 18.1 Å². The molecular weight excluding hydrogens is 354 g/mol. The van der Waals surface area contributed by atoms with Crippen LogP contribution in [0.2, 0.25) is 0 Å². The summed E-state index contributed by atoms with van der Waals surface area (Å²) in [5.74, 6) is 0.577. The van der Waals surface area contributed by atoms with E-state index >= 15 is 0 Å². The summed E-state index contributed by atoms with van der Waals surface area (Å²) in [4.78, 5) is 14.7. The fourth-order valence-electron chi connectivity index (χ4n) is 3.19. The van der Waals surface area contributed by atoms with Crippen molar-refractivity contribution in [2.45, 2.75) is 19.4 Å². The topological polar surface area (TPSA) is 64.5 Å². The van der Waals surface area contributed by atoms with Gasteiger partial charge in [0, 0.05) is 29.3 Å². The SMILES string of the molecule is COC(=O)CCc1ccc(OCc2ccoc2)c(-c2ccc3[nH]ccc3c2)c1. The van der Waals surface area contributed by atoms with Crippen LogP contribution in [0.4, 0.5) is 0 Å². The molecule has 0 spiro atoms. The second-order valence-electron chi connectivity index (χ2n) is 6.61. The third kappa shape index (κ3) is 3.93. The first-order chi connectivity index (χ1) is 13.7. The van der Waals surface area contributed by atoms with Gasteiger partial charge in [-0.1, -0.05) is 12.1 Å². The predicted molar refractivity (Wildman–Crippen MR) is 107 cm³/mol. The maximum atomic E-state index is 11.5. The van der Waals surface area contributed by atoms with E-state index in [1.54, 1.807) is 12.5 Å². The van der Waals surface area contributed by atoms with E-state index in [2.05, 4.69) is 29.2 Å². The van der Waals surface area contributed by atoms with Gasteiger partial charge >= 0.3 is 5.97 Å². The molecular formula is C23H21NO4. The Morgan fingerprint density at radius 1 is 1.07 bits per heavy atom. The zero-order chi connectivity index (χ0) is 19.3. The summed E-state index contributed by atoms with van der Waals surface area (Å²) in [5.41, 5.74) is 5.18. The Bertz CT molecular complexity index is 1080. The number of rotatable bonds is 7. The van der Waals surface area contributed by atoms with Crippen molar-refractivity contribution in [2.75, 3.05) is 7.11 Å². The number of benzene rings is 2. The third-order valence-corrected chi connectivity index (χ3v) is 4.73. The maximum Gasteiger partial charge on any atom is 0.305 e. The molecule has 0 atom stereocenters. The average molecular weight is 375 g/mol. The van der Waals surface area contributed by atoms with Gasteiger partial charge in [-0.05, 0) is 59.3 Å². The lowest BCUT2D eigenvalue weighted by Gasteiger charge is -2.13. The second-order valence-corrected chi connectivity index (χ2v) is 6.61. The highest BCUT2D eigenvalue weighted by Crippen LogP contribution is 2.34. The lowest BCUT2D eigenvalue weighted by molar-refractivity contribution is -0.140. The van der Waals surface area contributed by atoms with E-state index in [0.717, 1.165) is 38.9 Å². The van der Waals surface area contributed by atoms with Crippen LogP contribution in [0.5, 0.6) is 5.75 Å². The molecule has 4 aromatic rings. The number of carbonyl (C=O) groups is 1. The Morgan fingerprint density at radius 2 is 2.00 bits per heavy atom. The van der Waals surface area contributed by atoms with Crippen LogP contribution >= 0.6 is 0 Å². The van der Waals surface area contributed by atoms with Gasteiger partial charge in [-0.3, -0.25) is 4.79 Å². The minimum absolute atomic E-state index is 0.212. The highest BCUT2D eigenvalue weighted by Gasteiger charge is 2.11. The molecule has 5 heteroatoms. The summed E-state index contributed by atoms with van der Waals surface area (Å²) in [6, 6.07) is 16.2. The molecule has 0 saturated carbocycles. The van der Waals surface area contributed by atoms with Gasteiger partial charge in [0.1, 0.15) is 12.4 Å². The number of aryl methyl sites for hydroxylation is 1. The van der Waals surface area contributed by atoms with E-state index in [9.17, 15) is 4.79 Å². The molecule has 0 fully saturated rings. The second kappa shape index (κ2) is 8.05. The highest BCUT2D eigenvalue weighted by molar-refractivity contribution is 5.86. The maximum absolute atomic E-state index is 11.5. The van der Waals surface area contributed by atoms with Gasteiger partial charge in [-0.2, -0.15) is 0 Å². The van der Waals surface area contributed by atoms with Crippen LogP contribution in [0.15, 0.2) is 71.7 Å². The first kappa shape index (κ1) is 17.9. The van der Waals surface area contributed by atoms with Crippen LogP contribution in [0.1, 0.15) is 17.5 Å². The van der Waals surface area contributed by atoms with Gasteiger partial charge in [-0.15, -0.1) is 0 Å². The molecule has 0 amide bonds. The molecule has 28 heavy (non-hydrogen) atoms. The standard InChI is InChI=1S/C23H21NO4/c1-26-23(25)7-3-16-2-6-22(28-15-17-9-11-27-14-17)20(12-16)18-4-5-21-19(13-18)8-10-24-21/h2,4-6,8-14,24H,3,7,15H2,1H3. The summed E-state index contributed by atoms with van der Waals surface area (Å²) in [7, 11) is 1.41. The van der Waals surface area contributed by atoms with Crippen LogP contribution in [0.3, 0.4) is 0 Å². The van der Waals surface area contributed by atoms with Gasteiger partial charge in [-0.25, -0.2) is 0 Å². The number of furan rings is 1. The lowest BCUT2D eigenvalue weighted by atomic mass is 9.99. The van der Waals surface area contributed by atoms with Crippen LogP contribution in [0.25, 0.3) is 22.0 Å². The Labute approximate surface area is 162 Å². The molecule has 0 unspecified atom stereocenters. The molecule has 2 aromatic carbocycles. The Morgan fingerprint density at radius 3 is 2.82 bits per heavy atom. The number of aromatic nitrogens is 1. The van der Waals surface area contributed by atoms with Crippen LogP contribution in [-0.2, 0) is 22.6 Å². The Kier molecular flexibility index (Phi) is 5.15. The molecule has 2 heterocycles. The van der Waals surface area contributed by atoms with E-state index in [4.69, 9.17) is 13.9 Å². The van der Waals surface area contributed by atoms with Gasteiger partial charge in [0.05, 0.1) is 19.6 Å². The predicted octanol–water partition coefficient (Wildman–Crippen LogP) is 5.11. The molecule has 0 aliphatic rings. The highest BCUT2D eigenvalue weighted by atomic mass is 16.5. The Balaban J connectivity index is 1.66. The number of carbonyl (C=O) groups excluding carboxylic acids is 1. The number of methoxy groups -OCH3 is 1. The number of ether oxygens (including phenoxy) is 2. The van der Waals surface area contributed by atoms with E-state index < -0.39 is 0 Å². The van der Waals surface area contributed by atoms with Crippen molar-refractivity contribution in [1.29, 1.82) is 0 Å². The van der Waals surface area contributed by atoms with Crippen molar-refractivity contribution in [3.8, 4) is 16.9 Å². The summed E-state index contributed by atoms with van der Waals surface area (Å²) >= 11 is 0. The number of esters is 1. The first-order valence-corrected chi connectivity index (χ1v) is 9.14. The van der Waals surface area contributed by atoms with Gasteiger partial charge in [0.2, 0.25) is 0 Å². The van der Waals surface area contributed by atoms with Crippen molar-refractivity contribution < 1.29 is 18.7 Å². The van der Waals surface area contributed by atoms with Gasteiger partial charge < -0.3 is 18.9 Å². The molecule has 0 bridgehead atoms. The van der Waals surface area contributed by atoms with E-state index in [0.29, 0.717) is 19.4 Å². The molecule has 4 rings (SSSR count). The Hall–Kier alpha value is -3.47. The lowest BCUT2D eigenvalue weighted by Crippen LogP contribution is -2.02. The van der Waals surface area contributed by atoms with Crippen molar-refractivity contribution in [3.63, 3.8) is 0 Å². The van der Waals surface area contributed by atoms with Crippen LogP contribution < -0.4 is 4.74 Å². The van der Waals surface area contributed by atoms with E-state index in [-0.39, 0.29) is 5.97 Å². The fraction of sp³-hybridized carbons (Fsp3) is 0.174. The molecule has 0 aliphatic heterocycles. The third-order valence-electron chi connectivity index (χ3n) is 4.73. The number of aromatic amines is 1. The zero-order valence-electron chi connectivity index (χ0n) is 15.6.